The maximum Gasteiger partial charge on any atom is 0.225 e. The Morgan fingerprint density at radius 2 is 1.73 bits per heavy atom. The predicted octanol–water partition coefficient (Wildman–Crippen LogP) is 1.18. The summed E-state index contributed by atoms with van der Waals surface area (Å²) < 4.78 is 0. The van der Waals surface area contributed by atoms with Crippen molar-refractivity contribution in [3.8, 4) is 0 Å². The van der Waals surface area contributed by atoms with Gasteiger partial charge in [-0.2, -0.15) is 0 Å². The van der Waals surface area contributed by atoms with Crippen molar-refractivity contribution in [3.05, 3.63) is 18.5 Å². The molecule has 0 aromatic carbocycles. The third kappa shape index (κ3) is 1.40. The third-order valence-corrected chi connectivity index (χ3v) is 3.33. The van der Waals surface area contributed by atoms with E-state index in [0.717, 1.165) is 18.8 Å². The molecule has 0 aliphatic carbocycles. The van der Waals surface area contributed by atoms with Crippen LogP contribution in [0.2, 0.25) is 0 Å². The van der Waals surface area contributed by atoms with Crippen LogP contribution in [0, 0.1) is 0 Å². The van der Waals surface area contributed by atoms with E-state index < -0.39 is 0 Å². The molecule has 0 amide bonds. The number of fused-ring (bicyclic) bond motifs is 2. The Morgan fingerprint density at radius 1 is 1.13 bits per heavy atom. The van der Waals surface area contributed by atoms with Crippen LogP contribution in [0.25, 0.3) is 0 Å². The molecular weight excluding hydrogens is 190 g/mol. The molecule has 3 rings (SSSR count). The van der Waals surface area contributed by atoms with Crippen molar-refractivity contribution in [1.29, 1.82) is 0 Å². The van der Waals surface area contributed by atoms with Gasteiger partial charge in [0.1, 0.15) is 5.78 Å². The van der Waals surface area contributed by atoms with Gasteiger partial charge in [-0.05, 0) is 18.9 Å². The van der Waals surface area contributed by atoms with E-state index in [1.807, 2.05) is 6.07 Å². The van der Waals surface area contributed by atoms with Gasteiger partial charge in [0.15, 0.2) is 0 Å². The van der Waals surface area contributed by atoms with Crippen LogP contribution in [0.4, 0.5) is 5.95 Å². The summed E-state index contributed by atoms with van der Waals surface area (Å²) in [6, 6.07) is 2.51. The van der Waals surface area contributed by atoms with Crippen molar-refractivity contribution < 1.29 is 4.79 Å². The van der Waals surface area contributed by atoms with Crippen molar-refractivity contribution in [3.63, 3.8) is 0 Å². The third-order valence-electron chi connectivity index (χ3n) is 3.33. The Labute approximate surface area is 88.3 Å². The summed E-state index contributed by atoms with van der Waals surface area (Å²) in [5.41, 5.74) is 0. The van der Waals surface area contributed by atoms with Crippen molar-refractivity contribution in [2.75, 3.05) is 4.90 Å². The van der Waals surface area contributed by atoms with Crippen molar-refractivity contribution in [2.45, 2.75) is 37.8 Å². The molecule has 0 spiro atoms. The van der Waals surface area contributed by atoms with E-state index in [1.54, 1.807) is 12.4 Å². The Hall–Kier alpha value is -1.45. The van der Waals surface area contributed by atoms with Gasteiger partial charge in [-0.15, -0.1) is 0 Å². The van der Waals surface area contributed by atoms with Gasteiger partial charge >= 0.3 is 0 Å². The van der Waals surface area contributed by atoms with E-state index in [9.17, 15) is 4.79 Å². The topological polar surface area (TPSA) is 46.1 Å². The number of carbonyl (C=O) groups excluding carboxylic acids is 1. The van der Waals surface area contributed by atoms with Gasteiger partial charge in [0.25, 0.3) is 0 Å². The van der Waals surface area contributed by atoms with Crippen LogP contribution >= 0.6 is 0 Å². The Bertz CT molecular complexity index is 363. The van der Waals surface area contributed by atoms with Crippen LogP contribution in [0.15, 0.2) is 18.5 Å². The molecule has 2 aliphatic rings. The first kappa shape index (κ1) is 8.83. The highest BCUT2D eigenvalue weighted by molar-refractivity contribution is 5.82. The number of piperidine rings is 1. The van der Waals surface area contributed by atoms with E-state index >= 15 is 0 Å². The van der Waals surface area contributed by atoms with Gasteiger partial charge in [0.2, 0.25) is 5.95 Å². The number of hydrogen-bond donors (Lipinski definition) is 0. The lowest BCUT2D eigenvalue weighted by Gasteiger charge is -2.33. The first-order valence-corrected chi connectivity index (χ1v) is 5.41. The van der Waals surface area contributed by atoms with Gasteiger partial charge < -0.3 is 4.90 Å². The molecule has 2 unspecified atom stereocenters. The summed E-state index contributed by atoms with van der Waals surface area (Å²) in [4.78, 5) is 22.2. The second kappa shape index (κ2) is 3.29. The van der Waals surface area contributed by atoms with Gasteiger partial charge in [0, 0.05) is 37.3 Å². The minimum atomic E-state index is 0.346. The quantitative estimate of drug-likeness (QED) is 0.687. The summed E-state index contributed by atoms with van der Waals surface area (Å²) in [7, 11) is 0. The molecule has 15 heavy (non-hydrogen) atoms. The van der Waals surface area contributed by atoms with Gasteiger partial charge in [-0.25, -0.2) is 9.97 Å². The molecule has 2 aliphatic heterocycles. The number of carbonyl (C=O) groups is 1. The molecule has 0 N–H and O–H groups in total. The zero-order chi connectivity index (χ0) is 10.3. The lowest BCUT2D eigenvalue weighted by molar-refractivity contribution is -0.120. The highest BCUT2D eigenvalue weighted by Crippen LogP contribution is 2.35. The Morgan fingerprint density at radius 3 is 2.33 bits per heavy atom. The van der Waals surface area contributed by atoms with Gasteiger partial charge in [-0.3, -0.25) is 4.79 Å². The smallest absolute Gasteiger partial charge is 0.225 e. The molecule has 4 heteroatoms. The van der Waals surface area contributed by atoms with Crippen LogP contribution in [0.3, 0.4) is 0 Å². The summed E-state index contributed by atoms with van der Waals surface area (Å²) in [5, 5.41) is 0. The zero-order valence-corrected chi connectivity index (χ0v) is 8.47. The molecule has 0 radical (unpaired) electrons. The maximum absolute atomic E-state index is 11.4. The van der Waals surface area contributed by atoms with Crippen molar-refractivity contribution in [2.24, 2.45) is 0 Å². The molecule has 78 valence electrons. The van der Waals surface area contributed by atoms with E-state index in [-0.39, 0.29) is 0 Å². The number of Topliss-reactive ketones (excluding diaryl/α,β-unsaturated/α-hetero) is 1. The first-order chi connectivity index (χ1) is 7.34. The van der Waals surface area contributed by atoms with E-state index in [2.05, 4.69) is 14.9 Å². The summed E-state index contributed by atoms with van der Waals surface area (Å²) in [6.07, 6.45) is 7.09. The normalized spacial score (nSPS) is 29.6. The number of aromatic nitrogens is 2. The van der Waals surface area contributed by atoms with E-state index in [0.29, 0.717) is 30.7 Å². The molecule has 2 bridgehead atoms. The number of rotatable bonds is 1. The molecule has 1 aromatic rings. The van der Waals surface area contributed by atoms with Gasteiger partial charge in [0.05, 0.1) is 0 Å². The summed E-state index contributed by atoms with van der Waals surface area (Å²) in [5.74, 6) is 1.19. The Balaban J connectivity index is 1.92. The molecule has 2 fully saturated rings. The number of hydrogen-bond acceptors (Lipinski definition) is 4. The number of nitrogens with zero attached hydrogens (tertiary/aromatic N) is 3. The molecule has 1 aromatic heterocycles. The zero-order valence-electron chi connectivity index (χ0n) is 8.47. The van der Waals surface area contributed by atoms with E-state index in [1.165, 1.54) is 0 Å². The summed E-state index contributed by atoms with van der Waals surface area (Å²) in [6.45, 7) is 0. The molecule has 2 saturated heterocycles. The first-order valence-electron chi connectivity index (χ1n) is 5.41. The van der Waals surface area contributed by atoms with Crippen LogP contribution < -0.4 is 4.90 Å². The van der Waals surface area contributed by atoms with Crippen LogP contribution in [-0.4, -0.2) is 27.8 Å². The highest BCUT2D eigenvalue weighted by atomic mass is 16.1. The SMILES string of the molecule is O=C1CC2CCC(C1)N2c1ncccn1. The fourth-order valence-electron chi connectivity index (χ4n) is 2.72. The summed E-state index contributed by atoms with van der Waals surface area (Å²) >= 11 is 0. The molecule has 3 heterocycles. The lowest BCUT2D eigenvalue weighted by atomic mass is 10.0. The van der Waals surface area contributed by atoms with Crippen LogP contribution in [-0.2, 0) is 4.79 Å². The molecule has 0 saturated carbocycles. The molecule has 2 atom stereocenters. The highest BCUT2D eigenvalue weighted by Gasteiger charge is 2.41. The Kier molecular flexibility index (Phi) is 1.94. The van der Waals surface area contributed by atoms with Gasteiger partial charge in [-0.1, -0.05) is 0 Å². The monoisotopic (exact) mass is 203 g/mol. The second-order valence-corrected chi connectivity index (χ2v) is 4.29. The fourth-order valence-corrected chi connectivity index (χ4v) is 2.72. The standard InChI is InChI=1S/C11H13N3O/c15-10-6-8-2-3-9(7-10)14(8)11-12-4-1-5-13-11/h1,4-5,8-9H,2-3,6-7H2. The minimum Gasteiger partial charge on any atom is -0.334 e. The number of ketones is 1. The minimum absolute atomic E-state index is 0.346. The van der Waals surface area contributed by atoms with Crippen LogP contribution in [0.1, 0.15) is 25.7 Å². The fraction of sp³-hybridized carbons (Fsp3) is 0.545. The average Bonchev–Trinajstić information content (AvgIpc) is 2.53. The average molecular weight is 203 g/mol. The molecule has 4 nitrogen and oxygen atoms in total. The van der Waals surface area contributed by atoms with Crippen LogP contribution in [0.5, 0.6) is 0 Å². The van der Waals surface area contributed by atoms with Crippen molar-refractivity contribution in [1.82, 2.24) is 9.97 Å². The predicted molar refractivity (Wildman–Crippen MR) is 55.6 cm³/mol. The molecular formula is C11H13N3O. The largest absolute Gasteiger partial charge is 0.334 e. The lowest BCUT2D eigenvalue weighted by Crippen LogP contribution is -2.44. The maximum atomic E-state index is 11.4. The number of anilines is 1. The van der Waals surface area contributed by atoms with Crippen molar-refractivity contribution >= 4 is 11.7 Å². The second-order valence-electron chi connectivity index (χ2n) is 4.29. The van der Waals surface area contributed by atoms with E-state index in [4.69, 9.17) is 0 Å².